The summed E-state index contributed by atoms with van der Waals surface area (Å²) < 4.78 is 0. The molecule has 0 N–H and O–H groups in total. The third kappa shape index (κ3) is 0.765. The van der Waals surface area contributed by atoms with Crippen LogP contribution in [0.4, 0.5) is 0 Å². The Balaban J connectivity index is 1.59. The molecule has 0 heteroatoms. The Labute approximate surface area is 92.1 Å². The minimum atomic E-state index is 1.02. The predicted molar refractivity (Wildman–Crippen MR) is 60.1 cm³/mol. The first-order valence-corrected chi connectivity index (χ1v) is 7.10. The second kappa shape index (κ2) is 2.36. The van der Waals surface area contributed by atoms with Crippen LogP contribution in [0.1, 0.15) is 32.1 Å². The van der Waals surface area contributed by atoms with Gasteiger partial charge in [0.1, 0.15) is 0 Å². The van der Waals surface area contributed by atoms with Crippen LogP contribution in [0.15, 0.2) is 12.2 Å². The van der Waals surface area contributed by atoms with E-state index in [0.29, 0.717) is 0 Å². The summed E-state index contributed by atoms with van der Waals surface area (Å²) in [4.78, 5) is 0. The second-order valence-electron chi connectivity index (χ2n) is 7.00. The fourth-order valence-electron chi connectivity index (χ4n) is 6.58. The second-order valence-corrected chi connectivity index (χ2v) is 7.00. The molecule has 0 aliphatic heterocycles. The fourth-order valence-corrected chi connectivity index (χ4v) is 6.58. The molecule has 0 amide bonds. The first-order chi connectivity index (χ1) is 7.42. The van der Waals surface area contributed by atoms with Crippen molar-refractivity contribution < 1.29 is 0 Å². The van der Waals surface area contributed by atoms with Crippen LogP contribution in [0, 0.1) is 47.3 Å². The monoisotopic (exact) mass is 200 g/mol. The summed E-state index contributed by atoms with van der Waals surface area (Å²) in [5.74, 6) is 9.04. The van der Waals surface area contributed by atoms with Gasteiger partial charge in [0.2, 0.25) is 0 Å². The third-order valence-electron chi connectivity index (χ3n) is 6.84. The normalized spacial score (nSPS) is 67.7. The van der Waals surface area contributed by atoms with E-state index in [1.54, 1.807) is 25.7 Å². The van der Waals surface area contributed by atoms with Crippen LogP contribution in [0.5, 0.6) is 0 Å². The maximum atomic E-state index is 2.58. The van der Waals surface area contributed by atoms with Crippen molar-refractivity contribution in [2.75, 3.05) is 0 Å². The van der Waals surface area contributed by atoms with Crippen molar-refractivity contribution >= 4 is 0 Å². The first kappa shape index (κ1) is 7.92. The molecule has 5 aliphatic carbocycles. The van der Waals surface area contributed by atoms with Crippen LogP contribution < -0.4 is 0 Å². The van der Waals surface area contributed by atoms with Gasteiger partial charge in [0, 0.05) is 0 Å². The van der Waals surface area contributed by atoms with Gasteiger partial charge in [-0.1, -0.05) is 12.2 Å². The molecule has 5 rings (SSSR count). The van der Waals surface area contributed by atoms with E-state index in [1.165, 1.54) is 30.1 Å². The van der Waals surface area contributed by atoms with Gasteiger partial charge >= 0.3 is 0 Å². The molecule has 8 unspecified atom stereocenters. The van der Waals surface area contributed by atoms with Crippen molar-refractivity contribution in [2.45, 2.75) is 32.1 Å². The highest BCUT2D eigenvalue weighted by atomic mass is 14.7. The van der Waals surface area contributed by atoms with E-state index < -0.39 is 0 Å². The van der Waals surface area contributed by atoms with Crippen LogP contribution in [-0.4, -0.2) is 0 Å². The minimum Gasteiger partial charge on any atom is -0.0848 e. The van der Waals surface area contributed by atoms with Gasteiger partial charge in [0.05, 0.1) is 0 Å². The minimum absolute atomic E-state index is 1.02. The standard InChI is InChI=1S/C15H20/c1-3-10-5-8(1)12-7-13-9-2-4-11(6-9)15(13)14(10)12/h1,3,8-15H,2,4-7H2. The van der Waals surface area contributed by atoms with Crippen molar-refractivity contribution in [3.8, 4) is 0 Å². The SMILES string of the molecule is C1=CC2CC1C1CC3C4CCC(C4)C3C21. The van der Waals surface area contributed by atoms with E-state index in [-0.39, 0.29) is 0 Å². The molecule has 0 nitrogen and oxygen atoms in total. The highest BCUT2D eigenvalue weighted by Crippen LogP contribution is 2.69. The smallest absolute Gasteiger partial charge is 0.0194 e. The van der Waals surface area contributed by atoms with Crippen LogP contribution in [0.3, 0.4) is 0 Å². The molecule has 4 fully saturated rings. The summed E-state index contributed by atoms with van der Waals surface area (Å²) in [5.41, 5.74) is 0. The first-order valence-electron chi connectivity index (χ1n) is 7.10. The van der Waals surface area contributed by atoms with Crippen LogP contribution in [-0.2, 0) is 0 Å². The Hall–Kier alpha value is -0.260. The Bertz CT molecular complexity index is 342. The lowest BCUT2D eigenvalue weighted by Gasteiger charge is -2.31. The molecule has 5 aliphatic rings. The fraction of sp³-hybridized carbons (Fsp3) is 0.867. The number of fused-ring (bicyclic) bond motifs is 11. The maximum Gasteiger partial charge on any atom is -0.0194 e. The quantitative estimate of drug-likeness (QED) is 0.525. The molecule has 80 valence electrons. The van der Waals surface area contributed by atoms with E-state index in [4.69, 9.17) is 0 Å². The van der Waals surface area contributed by atoms with Gasteiger partial charge in [-0.05, 0) is 79.4 Å². The van der Waals surface area contributed by atoms with E-state index in [2.05, 4.69) is 12.2 Å². The number of rotatable bonds is 0. The largest absolute Gasteiger partial charge is 0.0848 e. The summed E-state index contributed by atoms with van der Waals surface area (Å²) in [7, 11) is 0. The lowest BCUT2D eigenvalue weighted by molar-refractivity contribution is 0.185. The van der Waals surface area contributed by atoms with E-state index in [9.17, 15) is 0 Å². The average Bonchev–Trinajstić information content (AvgIpc) is 3.02. The summed E-state index contributed by atoms with van der Waals surface area (Å²) >= 11 is 0. The summed E-state index contributed by atoms with van der Waals surface area (Å²) in [5, 5.41) is 0. The Morgan fingerprint density at radius 1 is 0.667 bits per heavy atom. The Kier molecular flexibility index (Phi) is 1.25. The van der Waals surface area contributed by atoms with Crippen molar-refractivity contribution in [1.82, 2.24) is 0 Å². The highest BCUT2D eigenvalue weighted by Gasteiger charge is 2.62. The zero-order valence-corrected chi connectivity index (χ0v) is 9.31. The number of hydrogen-bond acceptors (Lipinski definition) is 0. The van der Waals surface area contributed by atoms with Gasteiger partial charge in [0.15, 0.2) is 0 Å². The lowest BCUT2D eigenvalue weighted by atomic mass is 9.73. The number of allylic oxidation sites excluding steroid dienone is 2. The summed E-state index contributed by atoms with van der Waals surface area (Å²) in [6, 6.07) is 0. The van der Waals surface area contributed by atoms with Gasteiger partial charge in [-0.25, -0.2) is 0 Å². The molecule has 0 saturated heterocycles. The molecule has 4 bridgehead atoms. The Morgan fingerprint density at radius 2 is 1.53 bits per heavy atom. The summed E-state index contributed by atoms with van der Waals surface area (Å²) in [6.07, 6.45) is 13.1. The van der Waals surface area contributed by atoms with Crippen LogP contribution >= 0.6 is 0 Å². The Morgan fingerprint density at radius 3 is 2.53 bits per heavy atom. The lowest BCUT2D eigenvalue weighted by Crippen LogP contribution is -2.26. The molecular formula is C15H20. The average molecular weight is 200 g/mol. The number of hydrogen-bond donors (Lipinski definition) is 0. The molecule has 0 heterocycles. The van der Waals surface area contributed by atoms with E-state index in [1.807, 2.05) is 0 Å². The van der Waals surface area contributed by atoms with Crippen LogP contribution in [0.2, 0.25) is 0 Å². The van der Waals surface area contributed by atoms with Gasteiger partial charge in [-0.15, -0.1) is 0 Å². The predicted octanol–water partition coefficient (Wildman–Crippen LogP) is 3.49. The molecule has 0 aromatic heterocycles. The van der Waals surface area contributed by atoms with Crippen molar-refractivity contribution in [2.24, 2.45) is 47.3 Å². The van der Waals surface area contributed by atoms with E-state index >= 15 is 0 Å². The maximum absolute atomic E-state index is 2.58. The molecule has 0 aromatic rings. The molecule has 0 spiro atoms. The summed E-state index contributed by atoms with van der Waals surface area (Å²) in [6.45, 7) is 0. The molecule has 8 atom stereocenters. The molecule has 0 radical (unpaired) electrons. The highest BCUT2D eigenvalue weighted by molar-refractivity contribution is 5.20. The van der Waals surface area contributed by atoms with Crippen molar-refractivity contribution in [3.05, 3.63) is 12.2 Å². The molecule has 4 saturated carbocycles. The van der Waals surface area contributed by atoms with Crippen LogP contribution in [0.25, 0.3) is 0 Å². The van der Waals surface area contributed by atoms with Crippen molar-refractivity contribution in [1.29, 1.82) is 0 Å². The zero-order valence-electron chi connectivity index (χ0n) is 9.31. The van der Waals surface area contributed by atoms with Gasteiger partial charge < -0.3 is 0 Å². The van der Waals surface area contributed by atoms with Gasteiger partial charge in [0.25, 0.3) is 0 Å². The van der Waals surface area contributed by atoms with Gasteiger partial charge in [-0.2, -0.15) is 0 Å². The zero-order chi connectivity index (χ0) is 9.57. The van der Waals surface area contributed by atoms with E-state index in [0.717, 1.165) is 23.7 Å². The molecular weight excluding hydrogens is 180 g/mol. The topological polar surface area (TPSA) is 0 Å². The molecule has 0 aromatic carbocycles. The molecule has 15 heavy (non-hydrogen) atoms. The van der Waals surface area contributed by atoms with Crippen molar-refractivity contribution in [3.63, 3.8) is 0 Å². The third-order valence-corrected chi connectivity index (χ3v) is 6.84. The van der Waals surface area contributed by atoms with Gasteiger partial charge in [-0.3, -0.25) is 0 Å².